The highest BCUT2D eigenvalue weighted by atomic mass is 16.4. The van der Waals surface area contributed by atoms with Crippen molar-refractivity contribution >= 4 is 11.7 Å². The molecule has 0 aliphatic rings. The van der Waals surface area contributed by atoms with Crippen LogP contribution in [0.15, 0.2) is 23.0 Å². The van der Waals surface area contributed by atoms with Gasteiger partial charge in [0.25, 0.3) is 5.91 Å². The first kappa shape index (κ1) is 13.0. The van der Waals surface area contributed by atoms with E-state index in [9.17, 15) is 4.79 Å². The largest absolute Gasteiger partial charge is 0.444 e. The molecule has 0 spiro atoms. The molecule has 0 saturated heterocycles. The van der Waals surface area contributed by atoms with Crippen LogP contribution in [0.2, 0.25) is 0 Å². The molecule has 0 saturated carbocycles. The van der Waals surface area contributed by atoms with Crippen molar-refractivity contribution in [2.24, 2.45) is 0 Å². The normalized spacial score (nSPS) is 10.2. The van der Waals surface area contributed by atoms with Gasteiger partial charge in [0.05, 0.1) is 25.1 Å². The summed E-state index contributed by atoms with van der Waals surface area (Å²) in [4.78, 5) is 23.9. The minimum atomic E-state index is -0.314. The zero-order valence-corrected chi connectivity index (χ0v) is 10.8. The number of carbonyl (C=O) groups excluding carboxylic acids is 1. The molecule has 7 nitrogen and oxygen atoms in total. The first-order valence-corrected chi connectivity index (χ1v) is 5.94. The van der Waals surface area contributed by atoms with Crippen LogP contribution in [-0.2, 0) is 6.54 Å². The van der Waals surface area contributed by atoms with Crippen molar-refractivity contribution < 1.29 is 9.21 Å². The molecule has 0 radical (unpaired) electrons. The predicted octanol–water partition coefficient (Wildman–Crippen LogP) is 1.13. The van der Waals surface area contributed by atoms with Gasteiger partial charge < -0.3 is 15.1 Å². The number of hydrogen-bond acceptors (Lipinski definition) is 6. The summed E-state index contributed by atoms with van der Waals surface area (Å²) >= 11 is 0. The van der Waals surface area contributed by atoms with E-state index in [0.29, 0.717) is 17.5 Å². The van der Waals surface area contributed by atoms with Crippen molar-refractivity contribution in [3.63, 3.8) is 0 Å². The summed E-state index contributed by atoms with van der Waals surface area (Å²) in [6, 6.07) is 0. The quantitative estimate of drug-likeness (QED) is 0.838. The third-order valence-corrected chi connectivity index (χ3v) is 2.31. The lowest BCUT2D eigenvalue weighted by Crippen LogP contribution is -2.24. The van der Waals surface area contributed by atoms with Gasteiger partial charge in [-0.25, -0.2) is 15.0 Å². The van der Waals surface area contributed by atoms with Crippen LogP contribution in [0.3, 0.4) is 0 Å². The van der Waals surface area contributed by atoms with Gasteiger partial charge in [-0.3, -0.25) is 4.79 Å². The van der Waals surface area contributed by atoms with E-state index >= 15 is 0 Å². The Hall–Kier alpha value is -2.44. The number of hydrogen-bond donors (Lipinski definition) is 2. The molecule has 0 atom stereocenters. The molecule has 1 amide bonds. The van der Waals surface area contributed by atoms with E-state index in [1.54, 1.807) is 13.1 Å². The lowest BCUT2D eigenvalue weighted by atomic mass is 10.4. The second-order valence-electron chi connectivity index (χ2n) is 3.86. The molecule has 0 fully saturated rings. The molecule has 2 rings (SSSR count). The lowest BCUT2D eigenvalue weighted by molar-refractivity contribution is 0.0941. The number of anilines is 1. The zero-order valence-electron chi connectivity index (χ0n) is 10.8. The molecule has 2 aromatic rings. The Morgan fingerprint density at radius 3 is 2.68 bits per heavy atom. The first-order valence-electron chi connectivity index (χ1n) is 5.94. The predicted molar refractivity (Wildman–Crippen MR) is 68.6 cm³/mol. The second-order valence-corrected chi connectivity index (χ2v) is 3.86. The highest BCUT2D eigenvalue weighted by Gasteiger charge is 2.09. The zero-order chi connectivity index (χ0) is 13.7. The van der Waals surface area contributed by atoms with Crippen molar-refractivity contribution in [3.05, 3.63) is 35.9 Å². The molecule has 0 bridgehead atoms. The van der Waals surface area contributed by atoms with Crippen LogP contribution < -0.4 is 10.6 Å². The van der Waals surface area contributed by atoms with E-state index in [4.69, 9.17) is 4.42 Å². The fourth-order valence-corrected chi connectivity index (χ4v) is 1.45. The summed E-state index contributed by atoms with van der Waals surface area (Å²) in [5.41, 5.74) is 0.255. The second kappa shape index (κ2) is 5.94. The van der Waals surface area contributed by atoms with Gasteiger partial charge in [-0.05, 0) is 13.8 Å². The molecular formula is C12H15N5O2. The number of nitrogens with zero attached hydrogens (tertiary/aromatic N) is 3. The maximum absolute atomic E-state index is 11.8. The topological polar surface area (TPSA) is 92.9 Å². The molecule has 2 aromatic heterocycles. The minimum absolute atomic E-state index is 0.226. The third kappa shape index (κ3) is 3.51. The number of amides is 1. The number of aromatic nitrogens is 3. The monoisotopic (exact) mass is 261 g/mol. The summed E-state index contributed by atoms with van der Waals surface area (Å²) in [6.45, 7) is 4.73. The van der Waals surface area contributed by atoms with E-state index in [1.807, 2.05) is 6.92 Å². The third-order valence-electron chi connectivity index (χ3n) is 2.31. The summed E-state index contributed by atoms with van der Waals surface area (Å²) in [5.74, 6) is 1.50. The van der Waals surface area contributed by atoms with Crippen molar-refractivity contribution in [1.82, 2.24) is 20.3 Å². The van der Waals surface area contributed by atoms with Crippen LogP contribution in [0.5, 0.6) is 0 Å². The highest BCUT2D eigenvalue weighted by Crippen LogP contribution is 2.03. The SMILES string of the molecule is CCNc1cnc(C(=O)NCc2ncc(C)o2)cn1. The van der Waals surface area contributed by atoms with Gasteiger partial charge in [-0.2, -0.15) is 0 Å². The molecule has 7 heteroatoms. The molecule has 2 heterocycles. The van der Waals surface area contributed by atoms with E-state index in [2.05, 4.69) is 25.6 Å². The van der Waals surface area contributed by atoms with Crippen LogP contribution in [-0.4, -0.2) is 27.4 Å². The maximum atomic E-state index is 11.8. The molecule has 2 N–H and O–H groups in total. The van der Waals surface area contributed by atoms with Crippen molar-refractivity contribution in [1.29, 1.82) is 0 Å². The molecule has 0 aliphatic heterocycles. The molecule has 0 aromatic carbocycles. The number of carbonyl (C=O) groups is 1. The van der Waals surface area contributed by atoms with Crippen molar-refractivity contribution in [3.8, 4) is 0 Å². The average Bonchev–Trinajstić information content (AvgIpc) is 2.83. The summed E-state index contributed by atoms with van der Waals surface area (Å²) < 4.78 is 5.25. The Balaban J connectivity index is 1.92. The number of nitrogens with one attached hydrogen (secondary N) is 2. The smallest absolute Gasteiger partial charge is 0.271 e. The van der Waals surface area contributed by atoms with E-state index in [0.717, 1.165) is 6.54 Å². The van der Waals surface area contributed by atoms with Gasteiger partial charge in [0.15, 0.2) is 0 Å². The molecule has 100 valence electrons. The average molecular weight is 261 g/mol. The summed E-state index contributed by atoms with van der Waals surface area (Å²) in [7, 11) is 0. The Kier molecular flexibility index (Phi) is 4.07. The fourth-order valence-electron chi connectivity index (χ4n) is 1.45. The van der Waals surface area contributed by atoms with Crippen LogP contribution in [0.1, 0.15) is 29.1 Å². The van der Waals surface area contributed by atoms with Crippen molar-refractivity contribution in [2.75, 3.05) is 11.9 Å². The number of rotatable bonds is 5. The van der Waals surface area contributed by atoms with E-state index < -0.39 is 0 Å². The fraction of sp³-hybridized carbons (Fsp3) is 0.333. The Morgan fingerprint density at radius 2 is 2.11 bits per heavy atom. The van der Waals surface area contributed by atoms with Crippen LogP contribution in [0.25, 0.3) is 0 Å². The van der Waals surface area contributed by atoms with E-state index in [-0.39, 0.29) is 18.1 Å². The molecular weight excluding hydrogens is 246 g/mol. The van der Waals surface area contributed by atoms with Gasteiger partial charge in [0.1, 0.15) is 17.3 Å². The van der Waals surface area contributed by atoms with Crippen LogP contribution in [0.4, 0.5) is 5.82 Å². The van der Waals surface area contributed by atoms with Crippen LogP contribution >= 0.6 is 0 Å². The van der Waals surface area contributed by atoms with Gasteiger partial charge in [0.2, 0.25) is 5.89 Å². The number of aryl methyl sites for hydroxylation is 1. The Morgan fingerprint density at radius 1 is 1.26 bits per heavy atom. The van der Waals surface area contributed by atoms with Gasteiger partial charge in [0, 0.05) is 6.54 Å². The number of oxazole rings is 1. The first-order chi connectivity index (χ1) is 9.19. The summed E-state index contributed by atoms with van der Waals surface area (Å²) in [6.07, 6.45) is 4.55. The van der Waals surface area contributed by atoms with Gasteiger partial charge in [-0.15, -0.1) is 0 Å². The molecule has 19 heavy (non-hydrogen) atoms. The van der Waals surface area contributed by atoms with Crippen molar-refractivity contribution in [2.45, 2.75) is 20.4 Å². The lowest BCUT2D eigenvalue weighted by Gasteiger charge is -2.04. The Bertz CT molecular complexity index is 550. The van der Waals surface area contributed by atoms with Gasteiger partial charge >= 0.3 is 0 Å². The minimum Gasteiger partial charge on any atom is -0.444 e. The summed E-state index contributed by atoms with van der Waals surface area (Å²) in [5, 5.41) is 5.67. The Labute approximate surface area is 110 Å². The molecule has 0 aliphatic carbocycles. The highest BCUT2D eigenvalue weighted by molar-refractivity contribution is 5.91. The van der Waals surface area contributed by atoms with Gasteiger partial charge in [-0.1, -0.05) is 0 Å². The standard InChI is InChI=1S/C12H15N5O2/c1-3-13-10-6-14-9(5-15-10)12(18)17-7-11-16-4-8(2)19-11/h4-6H,3,7H2,1-2H3,(H,13,15)(H,17,18). The maximum Gasteiger partial charge on any atom is 0.271 e. The van der Waals surface area contributed by atoms with E-state index in [1.165, 1.54) is 12.4 Å². The van der Waals surface area contributed by atoms with Crippen LogP contribution in [0, 0.1) is 6.92 Å². The molecule has 0 unspecified atom stereocenters.